The van der Waals surface area contributed by atoms with Crippen LogP contribution in [0.5, 0.6) is 0 Å². The molecular weight excluding hydrogens is 194 g/mol. The number of carbonyl (C=O) groups excluding carboxylic acids is 1. The van der Waals surface area contributed by atoms with E-state index >= 15 is 0 Å². The molecule has 4 nitrogen and oxygen atoms in total. The predicted molar refractivity (Wildman–Crippen MR) is 54.6 cm³/mol. The molecule has 15 heavy (non-hydrogen) atoms. The first-order chi connectivity index (χ1) is 7.15. The van der Waals surface area contributed by atoms with Crippen LogP contribution < -0.4 is 0 Å². The number of likely N-dealkylation sites (tertiary alicyclic amines) is 1. The van der Waals surface area contributed by atoms with E-state index in [1.807, 2.05) is 0 Å². The third-order valence-corrected chi connectivity index (χ3v) is 3.17. The quantitative estimate of drug-likeness (QED) is 0.640. The first-order valence-electron chi connectivity index (χ1n) is 5.06. The molecule has 2 aliphatic heterocycles. The number of nitrogens with zero attached hydrogens (tertiary/aromatic N) is 1. The minimum atomic E-state index is -0.868. The molecule has 0 aromatic rings. The van der Waals surface area contributed by atoms with Gasteiger partial charge >= 0.3 is 0 Å². The summed E-state index contributed by atoms with van der Waals surface area (Å²) >= 11 is 0. The minimum Gasteiger partial charge on any atom is -0.472 e. The maximum Gasteiger partial charge on any atom is 0.252 e. The van der Waals surface area contributed by atoms with Gasteiger partial charge < -0.3 is 14.7 Å². The summed E-state index contributed by atoms with van der Waals surface area (Å²) in [5, 5.41) is 9.60. The van der Waals surface area contributed by atoms with E-state index in [1.165, 1.54) is 6.26 Å². The Labute approximate surface area is 88.8 Å². The van der Waals surface area contributed by atoms with Gasteiger partial charge in [0.05, 0.1) is 11.8 Å². The third-order valence-electron chi connectivity index (χ3n) is 3.17. The van der Waals surface area contributed by atoms with Crippen molar-refractivity contribution in [1.82, 2.24) is 4.90 Å². The van der Waals surface area contributed by atoms with Gasteiger partial charge in [0, 0.05) is 25.4 Å². The van der Waals surface area contributed by atoms with Gasteiger partial charge in [-0.15, -0.1) is 6.58 Å². The number of rotatable bonds is 1. The molecule has 1 fully saturated rings. The van der Waals surface area contributed by atoms with E-state index in [0.717, 1.165) is 13.0 Å². The van der Waals surface area contributed by atoms with Crippen LogP contribution in [0.1, 0.15) is 6.42 Å². The van der Waals surface area contributed by atoms with Crippen LogP contribution in [-0.2, 0) is 9.53 Å². The molecule has 0 aliphatic carbocycles. The number of aliphatic hydroxyl groups excluding tert-OH is 1. The summed E-state index contributed by atoms with van der Waals surface area (Å²) in [5.41, 5.74) is 0.652. The number of carbonyl (C=O) groups is 1. The summed E-state index contributed by atoms with van der Waals surface area (Å²) < 4.78 is 5.04. The summed E-state index contributed by atoms with van der Waals surface area (Å²) in [5.74, 6) is -0.136. The Morgan fingerprint density at radius 3 is 3.13 bits per heavy atom. The fourth-order valence-electron chi connectivity index (χ4n) is 2.22. The highest BCUT2D eigenvalue weighted by atomic mass is 16.6. The Balaban J connectivity index is 2.30. The number of fused-ring (bicyclic) bond motifs is 1. The van der Waals surface area contributed by atoms with Gasteiger partial charge in [0.2, 0.25) is 6.29 Å². The SMILES string of the molecule is C=C[C@H]1[C@H](O)OC=C2C(=O)N(C)CC[C@H]21. The highest BCUT2D eigenvalue weighted by Gasteiger charge is 2.40. The fourth-order valence-corrected chi connectivity index (χ4v) is 2.22. The molecule has 0 unspecified atom stereocenters. The van der Waals surface area contributed by atoms with Crippen molar-refractivity contribution in [1.29, 1.82) is 0 Å². The molecule has 0 bridgehead atoms. The second-order valence-electron chi connectivity index (χ2n) is 4.03. The van der Waals surface area contributed by atoms with Crippen molar-refractivity contribution >= 4 is 5.91 Å². The van der Waals surface area contributed by atoms with Crippen molar-refractivity contribution in [2.45, 2.75) is 12.7 Å². The number of amides is 1. The first kappa shape index (κ1) is 10.2. The molecule has 1 amide bonds. The monoisotopic (exact) mass is 209 g/mol. The van der Waals surface area contributed by atoms with E-state index in [-0.39, 0.29) is 17.7 Å². The van der Waals surface area contributed by atoms with Crippen molar-refractivity contribution in [2.75, 3.05) is 13.6 Å². The van der Waals surface area contributed by atoms with Crippen LogP contribution in [0.2, 0.25) is 0 Å². The largest absolute Gasteiger partial charge is 0.472 e. The topological polar surface area (TPSA) is 49.8 Å². The summed E-state index contributed by atoms with van der Waals surface area (Å²) in [6.45, 7) is 4.40. The number of hydrogen-bond acceptors (Lipinski definition) is 3. The lowest BCUT2D eigenvalue weighted by atomic mass is 9.79. The summed E-state index contributed by atoms with van der Waals surface area (Å²) in [6.07, 6.45) is 3.05. The van der Waals surface area contributed by atoms with Crippen LogP contribution in [0.4, 0.5) is 0 Å². The van der Waals surface area contributed by atoms with Crippen LogP contribution in [-0.4, -0.2) is 35.8 Å². The van der Waals surface area contributed by atoms with Gasteiger partial charge in [0.15, 0.2) is 0 Å². The molecule has 0 aromatic heterocycles. The normalized spacial score (nSPS) is 35.3. The first-order valence-corrected chi connectivity index (χ1v) is 5.06. The Bertz CT molecular complexity index is 324. The van der Waals surface area contributed by atoms with E-state index < -0.39 is 6.29 Å². The zero-order chi connectivity index (χ0) is 11.0. The van der Waals surface area contributed by atoms with Crippen molar-refractivity contribution in [2.24, 2.45) is 11.8 Å². The molecule has 2 rings (SSSR count). The minimum absolute atomic E-state index is 0.00926. The highest BCUT2D eigenvalue weighted by Crippen LogP contribution is 2.36. The zero-order valence-corrected chi connectivity index (χ0v) is 8.72. The maximum atomic E-state index is 11.8. The molecule has 0 radical (unpaired) electrons. The molecule has 1 saturated heterocycles. The van der Waals surface area contributed by atoms with Crippen LogP contribution in [0.15, 0.2) is 24.5 Å². The van der Waals surface area contributed by atoms with Gasteiger partial charge in [-0.05, 0) is 6.42 Å². The molecule has 3 atom stereocenters. The number of likely N-dealkylation sites (N-methyl/N-ethyl adjacent to an activating group) is 1. The lowest BCUT2D eigenvalue weighted by Gasteiger charge is -2.39. The van der Waals surface area contributed by atoms with E-state index in [1.54, 1.807) is 18.0 Å². The van der Waals surface area contributed by atoms with Gasteiger partial charge in [-0.25, -0.2) is 0 Å². The molecule has 1 N–H and O–H groups in total. The average molecular weight is 209 g/mol. The second-order valence-corrected chi connectivity index (χ2v) is 4.03. The maximum absolute atomic E-state index is 11.8. The van der Waals surface area contributed by atoms with E-state index in [4.69, 9.17) is 4.74 Å². The molecule has 0 saturated carbocycles. The Morgan fingerprint density at radius 1 is 1.73 bits per heavy atom. The predicted octanol–water partition coefficient (Wildman–Crippen LogP) is 0.499. The fraction of sp³-hybridized carbons (Fsp3) is 0.545. The Hall–Kier alpha value is -1.29. The number of piperidine rings is 1. The van der Waals surface area contributed by atoms with Crippen molar-refractivity contribution in [3.63, 3.8) is 0 Å². The third kappa shape index (κ3) is 1.55. The number of hydrogen-bond donors (Lipinski definition) is 1. The smallest absolute Gasteiger partial charge is 0.252 e. The van der Waals surface area contributed by atoms with Gasteiger partial charge in [-0.3, -0.25) is 4.79 Å². The lowest BCUT2D eigenvalue weighted by Crippen LogP contribution is -2.44. The highest BCUT2D eigenvalue weighted by molar-refractivity contribution is 5.94. The Kier molecular flexibility index (Phi) is 2.52. The van der Waals surface area contributed by atoms with Crippen molar-refractivity contribution in [3.05, 3.63) is 24.5 Å². The molecule has 82 valence electrons. The van der Waals surface area contributed by atoms with Gasteiger partial charge in [-0.2, -0.15) is 0 Å². The standard InChI is InChI=1S/C11H15NO3/c1-3-7-8-4-5-12(2)10(13)9(8)6-15-11(7)14/h3,6-8,11,14H,1,4-5H2,2H3/t7-,8+,11-/m1/s1. The van der Waals surface area contributed by atoms with Gasteiger partial charge in [-0.1, -0.05) is 6.08 Å². The molecule has 2 aliphatic rings. The van der Waals surface area contributed by atoms with Crippen LogP contribution in [0, 0.1) is 11.8 Å². The summed E-state index contributed by atoms with van der Waals surface area (Å²) in [6, 6.07) is 0. The molecule has 4 heteroatoms. The van der Waals surface area contributed by atoms with E-state index in [2.05, 4.69) is 6.58 Å². The lowest BCUT2D eigenvalue weighted by molar-refractivity contribution is -0.137. The van der Waals surface area contributed by atoms with Crippen LogP contribution in [0.25, 0.3) is 0 Å². The molecule has 0 spiro atoms. The number of aliphatic hydroxyl groups is 1. The number of ether oxygens (including phenoxy) is 1. The van der Waals surface area contributed by atoms with Crippen molar-refractivity contribution < 1.29 is 14.6 Å². The summed E-state index contributed by atoms with van der Waals surface area (Å²) in [4.78, 5) is 13.5. The molecular formula is C11H15NO3. The average Bonchev–Trinajstić information content (AvgIpc) is 2.23. The van der Waals surface area contributed by atoms with E-state index in [9.17, 15) is 9.90 Å². The van der Waals surface area contributed by atoms with Crippen LogP contribution >= 0.6 is 0 Å². The Morgan fingerprint density at radius 2 is 2.47 bits per heavy atom. The van der Waals surface area contributed by atoms with Gasteiger partial charge in [0.25, 0.3) is 5.91 Å². The summed E-state index contributed by atoms with van der Waals surface area (Å²) in [7, 11) is 1.77. The van der Waals surface area contributed by atoms with Crippen molar-refractivity contribution in [3.8, 4) is 0 Å². The van der Waals surface area contributed by atoms with Crippen LogP contribution in [0.3, 0.4) is 0 Å². The molecule has 0 aromatic carbocycles. The molecule has 2 heterocycles. The zero-order valence-electron chi connectivity index (χ0n) is 8.72. The second kappa shape index (κ2) is 3.70. The van der Waals surface area contributed by atoms with E-state index in [0.29, 0.717) is 5.57 Å². The van der Waals surface area contributed by atoms with Gasteiger partial charge in [0.1, 0.15) is 0 Å².